The van der Waals surface area contributed by atoms with Crippen molar-refractivity contribution in [2.45, 2.75) is 30.3 Å². The Hall–Kier alpha value is -0.960. The summed E-state index contributed by atoms with van der Waals surface area (Å²) in [4.78, 5) is 5.32. The first-order chi connectivity index (χ1) is 10.0. The highest BCUT2D eigenvalue weighted by molar-refractivity contribution is 9.10. The van der Waals surface area contributed by atoms with Crippen molar-refractivity contribution in [1.82, 2.24) is 10.3 Å². The molecule has 5 nitrogen and oxygen atoms in total. The average Bonchev–Trinajstić information content (AvgIpc) is 3.15. The van der Waals surface area contributed by atoms with Crippen LogP contribution in [0.5, 0.6) is 0 Å². The van der Waals surface area contributed by atoms with E-state index in [2.05, 4.69) is 31.0 Å². The quantitative estimate of drug-likeness (QED) is 0.798. The number of hydrogen-bond acceptors (Lipinski definition) is 5. The van der Waals surface area contributed by atoms with E-state index < -0.39 is 10.0 Å². The summed E-state index contributed by atoms with van der Waals surface area (Å²) in [6.07, 6.45) is 3.98. The molecule has 0 aliphatic heterocycles. The lowest BCUT2D eigenvalue weighted by Gasteiger charge is -2.05. The highest BCUT2D eigenvalue weighted by Crippen LogP contribution is 2.24. The fourth-order valence-electron chi connectivity index (χ4n) is 1.76. The molecule has 1 aliphatic carbocycles. The zero-order valence-electron chi connectivity index (χ0n) is 11.0. The topological polar surface area (TPSA) is 71.1 Å². The highest BCUT2D eigenvalue weighted by atomic mass is 79.9. The van der Waals surface area contributed by atoms with Crippen LogP contribution in [0.1, 0.15) is 17.7 Å². The number of halogens is 1. The molecule has 2 aromatic rings. The Balaban J connectivity index is 1.69. The molecule has 1 fully saturated rings. The van der Waals surface area contributed by atoms with Gasteiger partial charge in [0.05, 0.1) is 4.90 Å². The number of pyridine rings is 1. The molecule has 2 heterocycles. The molecule has 21 heavy (non-hydrogen) atoms. The van der Waals surface area contributed by atoms with Crippen LogP contribution in [0.25, 0.3) is 0 Å². The minimum atomic E-state index is -3.57. The highest BCUT2D eigenvalue weighted by Gasteiger charge is 2.21. The molecule has 0 amide bonds. The Morgan fingerprint density at radius 1 is 1.38 bits per heavy atom. The van der Waals surface area contributed by atoms with Gasteiger partial charge in [-0.1, -0.05) is 0 Å². The molecule has 3 rings (SSSR count). The molecule has 0 saturated heterocycles. The summed E-state index contributed by atoms with van der Waals surface area (Å²) in [7, 11) is -3.57. The van der Waals surface area contributed by atoms with Gasteiger partial charge in [-0.25, -0.2) is 13.4 Å². The van der Waals surface area contributed by atoms with Gasteiger partial charge in [0.15, 0.2) is 0 Å². The molecule has 0 atom stereocenters. The molecule has 112 valence electrons. The lowest BCUT2D eigenvalue weighted by Crippen LogP contribution is -2.15. The van der Waals surface area contributed by atoms with Gasteiger partial charge in [0.2, 0.25) is 0 Å². The summed E-state index contributed by atoms with van der Waals surface area (Å²) in [6, 6.07) is 5.67. The van der Waals surface area contributed by atoms with Gasteiger partial charge >= 0.3 is 0 Å². The fourth-order valence-corrected chi connectivity index (χ4v) is 4.23. The third kappa shape index (κ3) is 4.03. The van der Waals surface area contributed by atoms with E-state index in [4.69, 9.17) is 0 Å². The van der Waals surface area contributed by atoms with Crippen LogP contribution in [0.4, 0.5) is 5.82 Å². The monoisotopic (exact) mass is 387 g/mol. The van der Waals surface area contributed by atoms with E-state index in [0.29, 0.717) is 11.9 Å². The molecule has 1 saturated carbocycles. The van der Waals surface area contributed by atoms with E-state index in [0.717, 1.165) is 15.9 Å². The van der Waals surface area contributed by atoms with Crippen LogP contribution in [0.2, 0.25) is 0 Å². The van der Waals surface area contributed by atoms with Gasteiger partial charge in [-0.05, 0) is 47.0 Å². The number of anilines is 1. The largest absolute Gasteiger partial charge is 0.309 e. The van der Waals surface area contributed by atoms with Gasteiger partial charge in [0.1, 0.15) is 5.82 Å². The van der Waals surface area contributed by atoms with Crippen molar-refractivity contribution >= 4 is 43.1 Å². The van der Waals surface area contributed by atoms with Crippen molar-refractivity contribution in [2.75, 3.05) is 4.72 Å². The fraction of sp³-hybridized carbons (Fsp3) is 0.308. The predicted octanol–water partition coefficient (Wildman–Crippen LogP) is 2.96. The van der Waals surface area contributed by atoms with Crippen molar-refractivity contribution in [2.24, 2.45) is 0 Å². The molecule has 2 N–H and O–H groups in total. The molecule has 8 heteroatoms. The minimum Gasteiger partial charge on any atom is -0.309 e. The van der Waals surface area contributed by atoms with Crippen molar-refractivity contribution in [3.63, 3.8) is 0 Å². The molecule has 0 spiro atoms. The average molecular weight is 388 g/mol. The van der Waals surface area contributed by atoms with E-state index >= 15 is 0 Å². The second-order valence-electron chi connectivity index (χ2n) is 4.87. The van der Waals surface area contributed by atoms with Crippen molar-refractivity contribution in [3.8, 4) is 0 Å². The minimum absolute atomic E-state index is 0.282. The summed E-state index contributed by atoms with van der Waals surface area (Å²) in [5.74, 6) is 0.307. The Bertz CT molecular complexity index is 724. The Morgan fingerprint density at radius 2 is 2.19 bits per heavy atom. The molecule has 0 bridgehead atoms. The van der Waals surface area contributed by atoms with Crippen molar-refractivity contribution in [3.05, 3.63) is 39.1 Å². The van der Waals surface area contributed by atoms with E-state index in [9.17, 15) is 8.42 Å². The van der Waals surface area contributed by atoms with Gasteiger partial charge in [-0.15, -0.1) is 11.3 Å². The van der Waals surface area contributed by atoms with Gasteiger partial charge in [-0.2, -0.15) is 0 Å². The standard InChI is InChI=1S/C13H14BrN3O2S2/c14-9-1-4-13(16-6-9)17-21(18,19)12-5-11(20-8-12)7-15-10-2-3-10/h1,4-6,8,10,15H,2-3,7H2,(H,16,17). The van der Waals surface area contributed by atoms with Crippen LogP contribution in [0.3, 0.4) is 0 Å². The number of hydrogen-bond donors (Lipinski definition) is 2. The third-order valence-corrected chi connectivity index (χ3v) is 5.94. The Labute approximate surface area is 136 Å². The molecule has 0 unspecified atom stereocenters. The van der Waals surface area contributed by atoms with Crippen molar-refractivity contribution < 1.29 is 8.42 Å². The van der Waals surface area contributed by atoms with Crippen LogP contribution in [-0.2, 0) is 16.6 Å². The molecule has 1 aliphatic rings. The summed E-state index contributed by atoms with van der Waals surface area (Å²) < 4.78 is 27.8. The molecule has 0 aromatic carbocycles. The molecular weight excluding hydrogens is 374 g/mol. The van der Waals surface area contributed by atoms with Crippen LogP contribution in [0.15, 0.2) is 39.1 Å². The molecular formula is C13H14BrN3O2S2. The Kier molecular flexibility index (Phi) is 4.30. The zero-order valence-corrected chi connectivity index (χ0v) is 14.3. The Morgan fingerprint density at radius 3 is 2.86 bits per heavy atom. The second kappa shape index (κ2) is 6.04. The predicted molar refractivity (Wildman–Crippen MR) is 86.9 cm³/mol. The SMILES string of the molecule is O=S(=O)(Nc1ccc(Br)cn1)c1csc(CNC2CC2)c1. The number of aromatic nitrogens is 1. The van der Waals surface area contributed by atoms with Crippen molar-refractivity contribution in [1.29, 1.82) is 0 Å². The number of rotatable bonds is 6. The maximum absolute atomic E-state index is 12.3. The summed E-state index contributed by atoms with van der Waals surface area (Å²) in [5, 5.41) is 5.03. The lowest BCUT2D eigenvalue weighted by atomic mass is 10.4. The number of sulfonamides is 1. The smallest absolute Gasteiger partial charge is 0.263 e. The van der Waals surface area contributed by atoms with E-state index in [1.165, 1.54) is 24.2 Å². The van der Waals surface area contributed by atoms with Crippen LogP contribution < -0.4 is 10.0 Å². The third-order valence-electron chi connectivity index (χ3n) is 3.05. The van der Waals surface area contributed by atoms with Crippen LogP contribution in [-0.4, -0.2) is 19.4 Å². The first-order valence-corrected chi connectivity index (χ1v) is 9.64. The van der Waals surface area contributed by atoms with E-state index in [1.54, 1.807) is 29.8 Å². The zero-order chi connectivity index (χ0) is 14.9. The van der Waals surface area contributed by atoms with Gasteiger partial charge < -0.3 is 5.32 Å². The maximum atomic E-state index is 12.3. The first-order valence-electron chi connectivity index (χ1n) is 6.48. The van der Waals surface area contributed by atoms with E-state index in [1.807, 2.05) is 0 Å². The maximum Gasteiger partial charge on any atom is 0.263 e. The van der Waals surface area contributed by atoms with Crippen LogP contribution in [0, 0.1) is 0 Å². The van der Waals surface area contributed by atoms with Gasteiger partial charge in [-0.3, -0.25) is 4.72 Å². The summed E-state index contributed by atoms with van der Waals surface area (Å²) in [5.41, 5.74) is 0. The summed E-state index contributed by atoms with van der Waals surface area (Å²) >= 11 is 4.71. The number of nitrogens with one attached hydrogen (secondary N) is 2. The van der Waals surface area contributed by atoms with E-state index in [-0.39, 0.29) is 4.90 Å². The first kappa shape index (κ1) is 15.0. The van der Waals surface area contributed by atoms with Gasteiger partial charge in [0, 0.05) is 33.5 Å². The number of thiophene rings is 1. The normalized spacial score (nSPS) is 15.1. The molecule has 0 radical (unpaired) electrons. The second-order valence-corrected chi connectivity index (χ2v) is 8.46. The number of nitrogens with zero attached hydrogens (tertiary/aromatic N) is 1. The van der Waals surface area contributed by atoms with Gasteiger partial charge in [0.25, 0.3) is 10.0 Å². The lowest BCUT2D eigenvalue weighted by molar-refractivity contribution is 0.601. The van der Waals surface area contributed by atoms with Crippen LogP contribution >= 0.6 is 27.3 Å². The summed E-state index contributed by atoms with van der Waals surface area (Å²) in [6.45, 7) is 0.724. The molecule has 2 aromatic heterocycles.